The van der Waals surface area contributed by atoms with E-state index in [0.29, 0.717) is 40.6 Å². The summed E-state index contributed by atoms with van der Waals surface area (Å²) in [6.45, 7) is 6.92. The van der Waals surface area contributed by atoms with E-state index in [4.69, 9.17) is 19.2 Å². The third kappa shape index (κ3) is 4.83. The van der Waals surface area contributed by atoms with Crippen molar-refractivity contribution in [1.29, 1.82) is 5.26 Å². The largest absolute Gasteiger partial charge is 0.496 e. The van der Waals surface area contributed by atoms with Gasteiger partial charge in [0.05, 0.1) is 31.5 Å². The molecule has 10 nitrogen and oxygen atoms in total. The number of nitrogens with zero attached hydrogens (tertiary/aromatic N) is 5. The van der Waals surface area contributed by atoms with Gasteiger partial charge in [-0.3, -0.25) is 4.40 Å². The number of nitrogens with one attached hydrogen (secondary N) is 1. The third-order valence-corrected chi connectivity index (χ3v) is 5.46. The molecule has 1 unspecified atom stereocenters. The number of nitriles is 1. The molecule has 1 aliphatic heterocycles. The number of hydrogen-bond donors (Lipinski definition) is 1. The molecule has 178 valence electrons. The van der Waals surface area contributed by atoms with Gasteiger partial charge in [0.2, 0.25) is 5.78 Å². The first-order chi connectivity index (χ1) is 16.2. The topological polar surface area (TPSA) is 114 Å². The van der Waals surface area contributed by atoms with E-state index in [-0.39, 0.29) is 6.04 Å². The number of amides is 1. The van der Waals surface area contributed by atoms with Crippen LogP contribution >= 0.6 is 0 Å². The van der Waals surface area contributed by atoms with Gasteiger partial charge in [-0.25, -0.2) is 9.78 Å². The maximum absolute atomic E-state index is 12.1. The second kappa shape index (κ2) is 9.09. The second-order valence-electron chi connectivity index (χ2n) is 9.06. The fourth-order valence-electron chi connectivity index (χ4n) is 3.92. The zero-order valence-corrected chi connectivity index (χ0v) is 20.0. The fraction of sp³-hybridized carbons (Fsp3) is 0.417. The average molecular weight is 465 g/mol. The summed E-state index contributed by atoms with van der Waals surface area (Å²) < 4.78 is 18.0. The number of ether oxygens (including phenoxy) is 3. The van der Waals surface area contributed by atoms with E-state index in [1.165, 1.54) is 7.11 Å². The predicted octanol–water partition coefficient (Wildman–Crippen LogP) is 3.39. The molecule has 34 heavy (non-hydrogen) atoms. The van der Waals surface area contributed by atoms with Crippen LogP contribution in [0.15, 0.2) is 30.6 Å². The first-order valence-corrected chi connectivity index (χ1v) is 11.0. The quantitative estimate of drug-likeness (QED) is 0.611. The Hall–Kier alpha value is -4.00. The molecule has 1 aliphatic rings. The Morgan fingerprint density at radius 1 is 1.21 bits per heavy atom. The van der Waals surface area contributed by atoms with Crippen molar-refractivity contribution in [3.8, 4) is 28.8 Å². The molecule has 4 rings (SSSR count). The van der Waals surface area contributed by atoms with Crippen LogP contribution in [0.2, 0.25) is 0 Å². The van der Waals surface area contributed by atoms with Gasteiger partial charge in [-0.2, -0.15) is 10.2 Å². The highest BCUT2D eigenvalue weighted by Gasteiger charge is 2.27. The predicted molar refractivity (Wildman–Crippen MR) is 126 cm³/mol. The average Bonchev–Trinajstić information content (AvgIpc) is 3.43. The first-order valence-electron chi connectivity index (χ1n) is 11.0. The molecule has 2 aromatic heterocycles. The van der Waals surface area contributed by atoms with Gasteiger partial charge in [-0.15, -0.1) is 0 Å². The molecule has 1 N–H and O–H groups in total. The summed E-state index contributed by atoms with van der Waals surface area (Å²) in [6, 6.07) is 7.42. The maximum Gasteiger partial charge on any atom is 0.407 e. The number of alkyl carbamates (subject to hydrolysis) is 1. The fourth-order valence-corrected chi connectivity index (χ4v) is 3.92. The lowest BCUT2D eigenvalue weighted by Crippen LogP contribution is -2.40. The van der Waals surface area contributed by atoms with Gasteiger partial charge in [0.1, 0.15) is 29.0 Å². The van der Waals surface area contributed by atoms with E-state index < -0.39 is 11.7 Å². The van der Waals surface area contributed by atoms with Crippen LogP contribution in [0, 0.1) is 11.3 Å². The Morgan fingerprint density at radius 2 is 1.97 bits per heavy atom. The van der Waals surface area contributed by atoms with E-state index in [1.54, 1.807) is 19.2 Å². The minimum Gasteiger partial charge on any atom is -0.496 e. The molecule has 1 aromatic carbocycles. The zero-order valence-electron chi connectivity index (χ0n) is 20.0. The smallest absolute Gasteiger partial charge is 0.407 e. The van der Waals surface area contributed by atoms with Crippen LogP contribution in [0.4, 0.5) is 10.6 Å². The molecule has 1 atom stereocenters. The Balaban J connectivity index is 1.55. The standard InChI is InChI=1S/C24H28N6O4/c1-24(2,3)34-23(31)26-16-6-8-29(13-16)21-7-9-30-14-18(27-22(30)28-21)17-10-15(12-25)19(32-4)11-20(17)33-5/h7,9-11,14,16H,6,8,13H2,1-5H3,(H,26,31). The molecular weight excluding hydrogens is 436 g/mol. The highest BCUT2D eigenvalue weighted by molar-refractivity contribution is 5.73. The Kier molecular flexibility index (Phi) is 6.20. The van der Waals surface area contributed by atoms with Crippen molar-refractivity contribution in [2.75, 3.05) is 32.2 Å². The molecule has 3 aromatic rings. The number of benzene rings is 1. The normalized spacial score (nSPS) is 15.8. The summed E-state index contributed by atoms with van der Waals surface area (Å²) >= 11 is 0. The van der Waals surface area contributed by atoms with Crippen LogP contribution in [0.25, 0.3) is 17.0 Å². The van der Waals surface area contributed by atoms with Gasteiger partial charge in [0.25, 0.3) is 0 Å². The minimum absolute atomic E-state index is 0.0175. The molecule has 1 saturated heterocycles. The molecule has 0 aliphatic carbocycles. The van der Waals surface area contributed by atoms with Gasteiger partial charge in [0.15, 0.2) is 0 Å². The summed E-state index contributed by atoms with van der Waals surface area (Å²) in [5.41, 5.74) is 1.17. The lowest BCUT2D eigenvalue weighted by atomic mass is 10.1. The van der Waals surface area contributed by atoms with Crippen molar-refractivity contribution in [2.45, 2.75) is 38.8 Å². The zero-order chi connectivity index (χ0) is 24.5. The first kappa shape index (κ1) is 23.2. The van der Waals surface area contributed by atoms with Gasteiger partial charge in [-0.05, 0) is 39.3 Å². The summed E-state index contributed by atoms with van der Waals surface area (Å²) in [5.74, 6) is 2.29. The van der Waals surface area contributed by atoms with Crippen molar-refractivity contribution >= 4 is 17.7 Å². The molecular formula is C24H28N6O4. The van der Waals surface area contributed by atoms with Crippen LogP contribution in [0.3, 0.4) is 0 Å². The second-order valence-corrected chi connectivity index (χ2v) is 9.06. The van der Waals surface area contributed by atoms with Crippen LogP contribution in [-0.4, -0.2) is 59.4 Å². The number of carbonyl (C=O) groups excluding carboxylic acids is 1. The van der Waals surface area contributed by atoms with E-state index in [0.717, 1.165) is 18.8 Å². The van der Waals surface area contributed by atoms with Crippen LogP contribution in [-0.2, 0) is 4.74 Å². The Morgan fingerprint density at radius 3 is 2.65 bits per heavy atom. The van der Waals surface area contributed by atoms with Crippen molar-refractivity contribution in [2.24, 2.45) is 0 Å². The number of carbonyl (C=O) groups is 1. The van der Waals surface area contributed by atoms with E-state index in [9.17, 15) is 10.1 Å². The van der Waals surface area contributed by atoms with Crippen molar-refractivity contribution in [3.05, 3.63) is 36.2 Å². The van der Waals surface area contributed by atoms with E-state index in [1.807, 2.05) is 43.6 Å². The van der Waals surface area contributed by atoms with Crippen LogP contribution in [0.5, 0.6) is 11.5 Å². The molecule has 1 fully saturated rings. The van der Waals surface area contributed by atoms with Crippen LogP contribution < -0.4 is 19.7 Å². The number of anilines is 1. The number of imidazole rings is 1. The Labute approximate surface area is 198 Å². The molecule has 0 bridgehead atoms. The third-order valence-electron chi connectivity index (χ3n) is 5.46. The number of hydrogen-bond acceptors (Lipinski definition) is 8. The molecule has 10 heteroatoms. The molecule has 3 heterocycles. The number of methoxy groups -OCH3 is 2. The monoisotopic (exact) mass is 464 g/mol. The summed E-state index contributed by atoms with van der Waals surface area (Å²) in [5, 5.41) is 12.4. The molecule has 0 saturated carbocycles. The Bertz CT molecular complexity index is 1260. The van der Waals surface area contributed by atoms with Crippen LogP contribution in [0.1, 0.15) is 32.8 Å². The highest BCUT2D eigenvalue weighted by Crippen LogP contribution is 2.35. The SMILES string of the molecule is COc1cc(OC)c(-c2cn3ccc(N4CCC(NC(=O)OC(C)(C)C)C4)nc3n2)cc1C#N. The number of rotatable bonds is 5. The van der Waals surface area contributed by atoms with Crippen molar-refractivity contribution in [1.82, 2.24) is 19.7 Å². The molecule has 1 amide bonds. The van der Waals surface area contributed by atoms with Gasteiger partial charge < -0.3 is 24.4 Å². The summed E-state index contributed by atoms with van der Waals surface area (Å²) in [6.07, 6.45) is 4.12. The molecule has 0 radical (unpaired) electrons. The van der Waals surface area contributed by atoms with E-state index >= 15 is 0 Å². The van der Waals surface area contributed by atoms with Gasteiger partial charge in [0, 0.05) is 37.1 Å². The van der Waals surface area contributed by atoms with Gasteiger partial charge in [-0.1, -0.05) is 0 Å². The van der Waals surface area contributed by atoms with Gasteiger partial charge >= 0.3 is 6.09 Å². The molecule has 0 spiro atoms. The number of aromatic nitrogens is 3. The summed E-state index contributed by atoms with van der Waals surface area (Å²) in [7, 11) is 3.07. The highest BCUT2D eigenvalue weighted by atomic mass is 16.6. The maximum atomic E-state index is 12.1. The number of fused-ring (bicyclic) bond motifs is 1. The lowest BCUT2D eigenvalue weighted by molar-refractivity contribution is 0.0509. The lowest BCUT2D eigenvalue weighted by Gasteiger charge is -2.22. The summed E-state index contributed by atoms with van der Waals surface area (Å²) in [4.78, 5) is 23.6. The van der Waals surface area contributed by atoms with Crippen molar-refractivity contribution in [3.63, 3.8) is 0 Å². The van der Waals surface area contributed by atoms with Crippen molar-refractivity contribution < 1.29 is 19.0 Å². The van der Waals surface area contributed by atoms with E-state index in [2.05, 4.69) is 21.3 Å². The minimum atomic E-state index is -0.534.